The fourth-order valence-corrected chi connectivity index (χ4v) is 2.76. The Labute approximate surface area is 138 Å². The zero-order valence-electron chi connectivity index (χ0n) is 14.5. The second-order valence-corrected chi connectivity index (χ2v) is 7.19. The van der Waals surface area contributed by atoms with Gasteiger partial charge in [-0.2, -0.15) is 0 Å². The predicted octanol–water partition coefficient (Wildman–Crippen LogP) is 1.90. The van der Waals surface area contributed by atoms with Crippen LogP contribution >= 0.6 is 0 Å². The molecule has 7 heteroatoms. The molecule has 0 atom stereocenters. The summed E-state index contributed by atoms with van der Waals surface area (Å²) in [5.41, 5.74) is -0.433. The molecule has 0 bridgehead atoms. The van der Waals surface area contributed by atoms with Gasteiger partial charge in [-0.05, 0) is 65.6 Å². The Morgan fingerprint density at radius 2 is 2.04 bits per heavy atom. The smallest absolute Gasteiger partial charge is 0.407 e. The van der Waals surface area contributed by atoms with Crippen LogP contribution in [-0.4, -0.2) is 57.8 Å². The molecule has 1 amide bonds. The molecule has 0 unspecified atom stereocenters. The van der Waals surface area contributed by atoms with E-state index in [2.05, 4.69) is 20.5 Å². The van der Waals surface area contributed by atoms with Crippen molar-refractivity contribution < 1.29 is 9.53 Å². The van der Waals surface area contributed by atoms with Gasteiger partial charge in [-0.25, -0.2) is 4.79 Å². The van der Waals surface area contributed by atoms with Crippen molar-refractivity contribution in [2.24, 2.45) is 5.92 Å². The fraction of sp³-hybridized carbons (Fsp3) is 0.812. The molecule has 2 rings (SSSR count). The Bertz CT molecular complexity index is 461. The van der Waals surface area contributed by atoms with Crippen molar-refractivity contribution >= 4 is 6.09 Å². The van der Waals surface area contributed by atoms with Crippen LogP contribution in [0, 0.1) is 5.92 Å². The summed E-state index contributed by atoms with van der Waals surface area (Å²) in [4.78, 5) is 14.1. The van der Waals surface area contributed by atoms with Crippen LogP contribution in [0.4, 0.5) is 4.79 Å². The van der Waals surface area contributed by atoms with Gasteiger partial charge in [0.15, 0.2) is 0 Å². The summed E-state index contributed by atoms with van der Waals surface area (Å²) in [6.07, 6.45) is 6.63. The van der Waals surface area contributed by atoms with Crippen LogP contribution in [0.1, 0.15) is 40.0 Å². The van der Waals surface area contributed by atoms with Crippen LogP contribution in [0.25, 0.3) is 0 Å². The molecule has 2 heterocycles. The van der Waals surface area contributed by atoms with Crippen molar-refractivity contribution in [3.63, 3.8) is 0 Å². The van der Waals surface area contributed by atoms with Crippen molar-refractivity contribution in [3.05, 3.63) is 12.4 Å². The van der Waals surface area contributed by atoms with Crippen LogP contribution < -0.4 is 5.32 Å². The molecule has 0 aromatic carbocycles. The minimum atomic E-state index is -0.433. The highest BCUT2D eigenvalue weighted by molar-refractivity contribution is 5.67. The van der Waals surface area contributed by atoms with Gasteiger partial charge >= 0.3 is 6.09 Å². The second-order valence-electron chi connectivity index (χ2n) is 7.19. The number of hydrogen-bond acceptors (Lipinski definition) is 5. The third kappa shape index (κ3) is 6.99. The quantitative estimate of drug-likeness (QED) is 0.866. The Balaban J connectivity index is 1.56. The number of ether oxygens (including phenoxy) is 1. The lowest BCUT2D eigenvalue weighted by molar-refractivity contribution is 0.0509. The summed E-state index contributed by atoms with van der Waals surface area (Å²) in [5.74, 6) is 0.550. The van der Waals surface area contributed by atoms with E-state index in [1.165, 1.54) is 0 Å². The molecule has 0 aliphatic carbocycles. The number of aryl methyl sites for hydroxylation is 1. The molecule has 1 fully saturated rings. The maximum Gasteiger partial charge on any atom is 0.407 e. The van der Waals surface area contributed by atoms with Gasteiger partial charge < -0.3 is 15.0 Å². The van der Waals surface area contributed by atoms with Gasteiger partial charge in [0.1, 0.15) is 5.60 Å². The monoisotopic (exact) mass is 323 g/mol. The third-order valence-corrected chi connectivity index (χ3v) is 3.97. The van der Waals surface area contributed by atoms with E-state index in [9.17, 15) is 4.79 Å². The van der Waals surface area contributed by atoms with E-state index in [0.29, 0.717) is 12.5 Å². The first kappa shape index (κ1) is 17.7. The maximum atomic E-state index is 11.7. The van der Waals surface area contributed by atoms with Crippen LogP contribution in [-0.2, 0) is 11.3 Å². The number of aromatic nitrogens is 3. The lowest BCUT2D eigenvalue weighted by Gasteiger charge is -2.32. The number of carbonyl (C=O) groups is 1. The topological polar surface area (TPSA) is 72.3 Å². The van der Waals surface area contributed by atoms with E-state index in [0.717, 1.165) is 45.4 Å². The second kappa shape index (κ2) is 8.29. The first-order chi connectivity index (χ1) is 10.9. The molecule has 7 nitrogen and oxygen atoms in total. The lowest BCUT2D eigenvalue weighted by atomic mass is 9.97. The molecule has 0 radical (unpaired) electrons. The summed E-state index contributed by atoms with van der Waals surface area (Å²) >= 11 is 0. The van der Waals surface area contributed by atoms with Crippen LogP contribution in [0.15, 0.2) is 12.4 Å². The average molecular weight is 323 g/mol. The summed E-state index contributed by atoms with van der Waals surface area (Å²) in [7, 11) is 0. The number of amides is 1. The third-order valence-electron chi connectivity index (χ3n) is 3.97. The van der Waals surface area contributed by atoms with Crippen molar-refractivity contribution in [2.75, 3.05) is 26.2 Å². The number of nitrogens with zero attached hydrogens (tertiary/aromatic N) is 4. The molecule has 1 aromatic rings. The zero-order chi connectivity index (χ0) is 16.7. The Morgan fingerprint density at radius 1 is 1.30 bits per heavy atom. The van der Waals surface area contributed by atoms with Crippen molar-refractivity contribution in [3.8, 4) is 0 Å². The molecule has 1 aliphatic heterocycles. The van der Waals surface area contributed by atoms with Crippen LogP contribution in [0.5, 0.6) is 0 Å². The number of rotatable bonds is 6. The summed E-state index contributed by atoms with van der Waals surface area (Å²) < 4.78 is 7.14. The van der Waals surface area contributed by atoms with Gasteiger partial charge in [0.2, 0.25) is 0 Å². The number of alkyl carbamates (subject to hydrolysis) is 1. The van der Waals surface area contributed by atoms with Gasteiger partial charge in [0.25, 0.3) is 0 Å². The average Bonchev–Trinajstić information content (AvgIpc) is 2.98. The first-order valence-electron chi connectivity index (χ1n) is 8.46. The molecule has 0 spiro atoms. The Kier molecular flexibility index (Phi) is 6.38. The van der Waals surface area contributed by atoms with E-state index in [1.807, 2.05) is 31.6 Å². The normalized spacial score (nSPS) is 17.2. The molecular weight excluding hydrogens is 294 g/mol. The van der Waals surface area contributed by atoms with E-state index >= 15 is 0 Å². The number of likely N-dealkylation sites (tertiary alicyclic amines) is 1. The highest BCUT2D eigenvalue weighted by Gasteiger charge is 2.21. The minimum absolute atomic E-state index is 0.312. The van der Waals surface area contributed by atoms with Crippen molar-refractivity contribution in [2.45, 2.75) is 52.2 Å². The molecule has 0 saturated carbocycles. The summed E-state index contributed by atoms with van der Waals surface area (Å²) in [6.45, 7) is 10.5. The molecule has 1 aromatic heterocycles. The predicted molar refractivity (Wildman–Crippen MR) is 88.0 cm³/mol. The molecule has 1 saturated heterocycles. The zero-order valence-corrected chi connectivity index (χ0v) is 14.5. The number of nitrogens with one attached hydrogen (secondary N) is 1. The van der Waals surface area contributed by atoms with Crippen molar-refractivity contribution in [1.29, 1.82) is 0 Å². The summed E-state index contributed by atoms with van der Waals surface area (Å²) in [6, 6.07) is 0. The molecule has 1 N–H and O–H groups in total. The highest BCUT2D eigenvalue weighted by atomic mass is 16.6. The molecular formula is C16H29N5O2. The van der Waals surface area contributed by atoms with E-state index in [1.54, 1.807) is 6.20 Å². The standard InChI is InChI=1S/C16H29N5O2/c1-16(2,3)23-15(22)17-13-14-5-10-20(11-6-14)8-4-9-21-12-7-18-19-21/h7,12,14H,4-6,8-11,13H2,1-3H3,(H,17,22). The fourth-order valence-electron chi connectivity index (χ4n) is 2.76. The summed E-state index contributed by atoms with van der Waals surface area (Å²) in [5, 5.41) is 10.7. The van der Waals surface area contributed by atoms with E-state index < -0.39 is 5.60 Å². The Morgan fingerprint density at radius 3 is 2.65 bits per heavy atom. The Hall–Kier alpha value is -1.63. The van der Waals surface area contributed by atoms with Gasteiger partial charge in [0.05, 0.1) is 6.20 Å². The molecule has 1 aliphatic rings. The van der Waals surface area contributed by atoms with Gasteiger partial charge in [-0.3, -0.25) is 4.68 Å². The molecule has 23 heavy (non-hydrogen) atoms. The van der Waals surface area contributed by atoms with Crippen LogP contribution in [0.3, 0.4) is 0 Å². The first-order valence-corrected chi connectivity index (χ1v) is 8.46. The van der Waals surface area contributed by atoms with E-state index in [-0.39, 0.29) is 6.09 Å². The number of hydrogen-bond donors (Lipinski definition) is 1. The van der Waals surface area contributed by atoms with Gasteiger partial charge in [-0.1, -0.05) is 5.21 Å². The van der Waals surface area contributed by atoms with Crippen molar-refractivity contribution in [1.82, 2.24) is 25.2 Å². The minimum Gasteiger partial charge on any atom is -0.444 e. The van der Waals surface area contributed by atoms with Gasteiger partial charge in [-0.15, -0.1) is 5.10 Å². The number of carbonyl (C=O) groups excluding carboxylic acids is 1. The lowest BCUT2D eigenvalue weighted by Crippen LogP contribution is -2.40. The highest BCUT2D eigenvalue weighted by Crippen LogP contribution is 2.17. The number of piperidine rings is 1. The maximum absolute atomic E-state index is 11.7. The SMILES string of the molecule is CC(C)(C)OC(=O)NCC1CCN(CCCn2ccnn2)CC1. The largest absolute Gasteiger partial charge is 0.444 e. The van der Waals surface area contributed by atoms with E-state index in [4.69, 9.17) is 4.74 Å². The van der Waals surface area contributed by atoms with Gasteiger partial charge in [0, 0.05) is 19.3 Å². The van der Waals surface area contributed by atoms with Crippen LogP contribution in [0.2, 0.25) is 0 Å². The molecule has 130 valence electrons.